The smallest absolute Gasteiger partial charge is 0.250 e. The van der Waals surface area contributed by atoms with Gasteiger partial charge in [-0.25, -0.2) is 0 Å². The first-order valence-corrected chi connectivity index (χ1v) is 6.66. The van der Waals surface area contributed by atoms with Gasteiger partial charge < -0.3 is 10.2 Å². The predicted octanol–water partition coefficient (Wildman–Crippen LogP) is 0.533. The predicted molar refractivity (Wildman–Crippen MR) is 80.8 cm³/mol. The molecule has 2 N–H and O–H groups in total. The summed E-state index contributed by atoms with van der Waals surface area (Å²) >= 11 is 5.11. The van der Waals surface area contributed by atoms with E-state index in [4.69, 9.17) is 12.2 Å². The van der Waals surface area contributed by atoms with Crippen molar-refractivity contribution in [2.45, 2.75) is 0 Å². The summed E-state index contributed by atoms with van der Waals surface area (Å²) in [4.78, 5) is 24.6. The highest BCUT2D eigenvalue weighted by atomic mass is 32.1. The summed E-state index contributed by atoms with van der Waals surface area (Å²) in [7, 11) is 0. The van der Waals surface area contributed by atoms with Crippen LogP contribution in [0.2, 0.25) is 0 Å². The molecule has 0 spiro atoms. The van der Waals surface area contributed by atoms with E-state index in [2.05, 4.69) is 10.6 Å². The summed E-state index contributed by atoms with van der Waals surface area (Å²) in [5.41, 5.74) is 0.936. The molecule has 0 saturated carbocycles. The molecule has 20 heavy (non-hydrogen) atoms. The molecule has 0 aromatic heterocycles. The first kappa shape index (κ1) is 14.2. The Kier molecular flexibility index (Phi) is 4.84. The number of nitrogens with one attached hydrogen (secondary N) is 2. The van der Waals surface area contributed by atoms with Crippen molar-refractivity contribution in [3.05, 3.63) is 42.0 Å². The van der Waals surface area contributed by atoms with Crippen LogP contribution in [0.3, 0.4) is 0 Å². The van der Waals surface area contributed by atoms with Crippen LogP contribution in [0, 0.1) is 0 Å². The Labute approximate surface area is 122 Å². The Morgan fingerprint density at radius 2 is 2.10 bits per heavy atom. The molecule has 0 aliphatic carbocycles. The van der Waals surface area contributed by atoms with E-state index >= 15 is 0 Å². The maximum absolute atomic E-state index is 11.7. The second kappa shape index (κ2) is 6.81. The lowest BCUT2D eigenvalue weighted by molar-refractivity contribution is -0.123. The van der Waals surface area contributed by atoms with Crippen LogP contribution in [0.15, 0.2) is 36.4 Å². The second-order valence-electron chi connectivity index (χ2n) is 4.31. The van der Waals surface area contributed by atoms with Crippen molar-refractivity contribution in [2.24, 2.45) is 0 Å². The van der Waals surface area contributed by atoms with E-state index in [1.54, 1.807) is 11.0 Å². The van der Waals surface area contributed by atoms with Gasteiger partial charge in [-0.3, -0.25) is 14.9 Å². The molecule has 5 nitrogen and oxygen atoms in total. The van der Waals surface area contributed by atoms with E-state index in [0.717, 1.165) is 5.56 Å². The Hall–Kier alpha value is -2.21. The Morgan fingerprint density at radius 3 is 2.80 bits per heavy atom. The number of hydrogen-bond donors (Lipinski definition) is 2. The van der Waals surface area contributed by atoms with Gasteiger partial charge in [0.1, 0.15) is 0 Å². The molecule has 1 saturated heterocycles. The minimum atomic E-state index is -0.301. The van der Waals surface area contributed by atoms with Crippen molar-refractivity contribution < 1.29 is 9.59 Å². The van der Waals surface area contributed by atoms with Crippen molar-refractivity contribution >= 4 is 35.2 Å². The maximum Gasteiger partial charge on any atom is 0.250 e. The molecule has 2 rings (SSSR count). The zero-order valence-electron chi connectivity index (χ0n) is 10.8. The van der Waals surface area contributed by atoms with Gasteiger partial charge in [0.05, 0.1) is 6.54 Å². The van der Waals surface area contributed by atoms with Crippen molar-refractivity contribution in [1.82, 2.24) is 15.5 Å². The van der Waals surface area contributed by atoms with E-state index in [1.165, 1.54) is 6.08 Å². The van der Waals surface area contributed by atoms with E-state index < -0.39 is 0 Å². The van der Waals surface area contributed by atoms with E-state index in [-0.39, 0.29) is 23.5 Å². The van der Waals surface area contributed by atoms with E-state index in [9.17, 15) is 9.59 Å². The van der Waals surface area contributed by atoms with Crippen LogP contribution in [0.4, 0.5) is 0 Å². The van der Waals surface area contributed by atoms with Gasteiger partial charge in [0.15, 0.2) is 5.11 Å². The maximum atomic E-state index is 11.7. The number of nitrogens with zero attached hydrogens (tertiary/aromatic N) is 1. The zero-order valence-corrected chi connectivity index (χ0v) is 11.7. The van der Waals surface area contributed by atoms with Crippen LogP contribution in [0.25, 0.3) is 6.08 Å². The molecule has 1 aromatic carbocycles. The monoisotopic (exact) mass is 289 g/mol. The molecular formula is C14H15N3O2S. The third kappa shape index (κ3) is 4.17. The third-order valence-electron chi connectivity index (χ3n) is 2.78. The highest BCUT2D eigenvalue weighted by molar-refractivity contribution is 7.80. The van der Waals surface area contributed by atoms with Gasteiger partial charge in [-0.1, -0.05) is 30.3 Å². The molecule has 1 aliphatic rings. The first-order valence-electron chi connectivity index (χ1n) is 6.25. The fourth-order valence-corrected chi connectivity index (χ4v) is 2.03. The minimum Gasteiger partial charge on any atom is -0.353 e. The summed E-state index contributed by atoms with van der Waals surface area (Å²) in [5, 5.41) is 5.57. The fourth-order valence-electron chi connectivity index (χ4n) is 1.77. The lowest BCUT2D eigenvalue weighted by Crippen LogP contribution is -2.53. The first-order chi connectivity index (χ1) is 9.65. The van der Waals surface area contributed by atoms with Gasteiger partial charge in [-0.2, -0.15) is 0 Å². The highest BCUT2D eigenvalue weighted by Crippen LogP contribution is 2.01. The van der Waals surface area contributed by atoms with Gasteiger partial charge in [-0.05, 0) is 23.9 Å². The van der Waals surface area contributed by atoms with Gasteiger partial charge in [0.2, 0.25) is 11.8 Å². The second-order valence-corrected chi connectivity index (χ2v) is 4.70. The molecule has 104 valence electrons. The molecule has 1 aliphatic heterocycles. The molecule has 1 fully saturated rings. The summed E-state index contributed by atoms with van der Waals surface area (Å²) in [6, 6.07) is 9.51. The van der Waals surface area contributed by atoms with Crippen LogP contribution in [0.5, 0.6) is 0 Å². The Bertz CT molecular complexity index is 543. The quantitative estimate of drug-likeness (QED) is 0.616. The molecule has 0 atom stereocenters. The molecule has 0 bridgehead atoms. The fraction of sp³-hybridized carbons (Fsp3) is 0.214. The van der Waals surface area contributed by atoms with Gasteiger partial charge in [0.25, 0.3) is 0 Å². The van der Waals surface area contributed by atoms with Crippen molar-refractivity contribution in [3.8, 4) is 0 Å². The molecule has 6 heteroatoms. The lowest BCUT2D eigenvalue weighted by atomic mass is 10.2. The topological polar surface area (TPSA) is 61.4 Å². The zero-order chi connectivity index (χ0) is 14.4. The lowest BCUT2D eigenvalue weighted by Gasteiger charge is -2.28. The summed E-state index contributed by atoms with van der Waals surface area (Å²) < 4.78 is 0. The van der Waals surface area contributed by atoms with Crippen molar-refractivity contribution in [1.29, 1.82) is 0 Å². The number of thiocarbonyl (C=S) groups is 1. The number of carbonyl (C=O) groups excluding carboxylic acids is 2. The number of piperazine rings is 1. The molecule has 2 amide bonds. The van der Waals surface area contributed by atoms with Crippen LogP contribution in [-0.2, 0) is 9.59 Å². The van der Waals surface area contributed by atoms with Crippen LogP contribution < -0.4 is 10.6 Å². The normalized spacial score (nSPS) is 15.0. The largest absolute Gasteiger partial charge is 0.353 e. The Morgan fingerprint density at radius 1 is 1.35 bits per heavy atom. The van der Waals surface area contributed by atoms with Crippen molar-refractivity contribution in [3.63, 3.8) is 0 Å². The summed E-state index contributed by atoms with van der Waals surface area (Å²) in [6.45, 7) is 1.32. The highest BCUT2D eigenvalue weighted by Gasteiger charge is 2.18. The van der Waals surface area contributed by atoms with E-state index in [1.807, 2.05) is 30.3 Å². The number of benzene rings is 1. The molecule has 0 radical (unpaired) electrons. The molecule has 1 aromatic rings. The standard InChI is InChI=1S/C14H15N3O2S/c18-12(7-6-11-4-2-1-3-5-11)16-14(20)17-9-8-15-13(19)10-17/h1-7H,8-10H2,(H,15,19)(H,16,18,20). The SMILES string of the molecule is O=C(C=Cc1ccccc1)NC(=S)N1CCNC(=O)C1. The van der Waals surface area contributed by atoms with Crippen LogP contribution >= 0.6 is 12.2 Å². The number of carbonyl (C=O) groups is 2. The van der Waals surface area contributed by atoms with Crippen LogP contribution in [-0.4, -0.2) is 41.5 Å². The summed E-state index contributed by atoms with van der Waals surface area (Å²) in [5.74, 6) is -0.391. The summed E-state index contributed by atoms with van der Waals surface area (Å²) in [6.07, 6.45) is 3.13. The average Bonchev–Trinajstić information content (AvgIpc) is 2.46. The average molecular weight is 289 g/mol. The van der Waals surface area contributed by atoms with Gasteiger partial charge in [-0.15, -0.1) is 0 Å². The Balaban J connectivity index is 1.86. The number of rotatable bonds is 2. The minimum absolute atomic E-state index is 0.0901. The molecule has 0 unspecified atom stereocenters. The van der Waals surface area contributed by atoms with E-state index in [0.29, 0.717) is 13.1 Å². The molecule has 1 heterocycles. The van der Waals surface area contributed by atoms with Crippen molar-refractivity contribution in [2.75, 3.05) is 19.6 Å². The number of amides is 2. The van der Waals surface area contributed by atoms with Gasteiger partial charge >= 0.3 is 0 Å². The molecular weight excluding hydrogens is 274 g/mol. The van der Waals surface area contributed by atoms with Crippen LogP contribution in [0.1, 0.15) is 5.56 Å². The van der Waals surface area contributed by atoms with Gasteiger partial charge in [0, 0.05) is 19.2 Å². The third-order valence-corrected chi connectivity index (χ3v) is 3.14. The number of hydrogen-bond acceptors (Lipinski definition) is 3.